The molecule has 1 fully saturated rings. The number of likely N-dealkylation sites (N-methyl/N-ethyl adjacent to an activating group) is 1. The first-order valence-corrected chi connectivity index (χ1v) is 6.04. The SMILES string of the molecule is CN1CCC(c2cc3ccccc3c(=O)[nH]2)C1. The van der Waals surface area contributed by atoms with E-state index in [-0.39, 0.29) is 5.56 Å². The number of hydrogen-bond donors (Lipinski definition) is 1. The third-order valence-corrected chi connectivity index (χ3v) is 3.61. The van der Waals surface area contributed by atoms with Crippen LogP contribution in [0.2, 0.25) is 0 Å². The van der Waals surface area contributed by atoms with Crippen LogP contribution in [-0.4, -0.2) is 30.0 Å². The minimum atomic E-state index is 0.0349. The number of H-pyrrole nitrogens is 1. The Morgan fingerprint density at radius 1 is 1.35 bits per heavy atom. The molecule has 0 radical (unpaired) electrons. The highest BCUT2D eigenvalue weighted by Crippen LogP contribution is 2.25. The Morgan fingerprint density at radius 3 is 2.94 bits per heavy atom. The Kier molecular flexibility index (Phi) is 2.48. The predicted molar refractivity (Wildman–Crippen MR) is 69.4 cm³/mol. The van der Waals surface area contributed by atoms with Crippen molar-refractivity contribution in [2.45, 2.75) is 12.3 Å². The molecule has 0 spiro atoms. The van der Waals surface area contributed by atoms with Crippen LogP contribution in [0.25, 0.3) is 10.8 Å². The number of rotatable bonds is 1. The van der Waals surface area contributed by atoms with Crippen LogP contribution in [0.1, 0.15) is 18.0 Å². The van der Waals surface area contributed by atoms with Crippen LogP contribution in [-0.2, 0) is 0 Å². The van der Waals surface area contributed by atoms with E-state index in [9.17, 15) is 4.79 Å². The molecule has 1 aromatic heterocycles. The fraction of sp³-hybridized carbons (Fsp3) is 0.357. The number of nitrogens with zero attached hydrogens (tertiary/aromatic N) is 1. The van der Waals surface area contributed by atoms with Crippen LogP contribution in [0, 0.1) is 0 Å². The van der Waals surface area contributed by atoms with Crippen molar-refractivity contribution in [2.24, 2.45) is 0 Å². The molecule has 3 nitrogen and oxygen atoms in total. The van der Waals surface area contributed by atoms with Crippen LogP contribution < -0.4 is 5.56 Å². The van der Waals surface area contributed by atoms with E-state index < -0.39 is 0 Å². The number of benzene rings is 1. The van der Waals surface area contributed by atoms with Gasteiger partial charge < -0.3 is 9.88 Å². The molecule has 1 aliphatic rings. The average molecular weight is 228 g/mol. The maximum atomic E-state index is 12.0. The van der Waals surface area contributed by atoms with Crippen LogP contribution >= 0.6 is 0 Å². The monoisotopic (exact) mass is 228 g/mol. The largest absolute Gasteiger partial charge is 0.325 e. The number of aromatic amines is 1. The summed E-state index contributed by atoms with van der Waals surface area (Å²) >= 11 is 0. The second kappa shape index (κ2) is 4.00. The predicted octanol–water partition coefficient (Wildman–Crippen LogP) is 1.95. The third kappa shape index (κ3) is 1.87. The van der Waals surface area contributed by atoms with Crippen molar-refractivity contribution in [1.82, 2.24) is 9.88 Å². The summed E-state index contributed by atoms with van der Waals surface area (Å²) in [5, 5.41) is 1.82. The summed E-state index contributed by atoms with van der Waals surface area (Å²) in [7, 11) is 2.12. The maximum Gasteiger partial charge on any atom is 0.256 e. The lowest BCUT2D eigenvalue weighted by atomic mass is 10.0. The zero-order valence-corrected chi connectivity index (χ0v) is 9.94. The molecule has 3 heteroatoms. The van der Waals surface area contributed by atoms with Crippen LogP contribution in [0.4, 0.5) is 0 Å². The Labute approximate surface area is 100 Å². The molecule has 3 rings (SSSR count). The molecule has 1 atom stereocenters. The lowest BCUT2D eigenvalue weighted by molar-refractivity contribution is 0.410. The fourth-order valence-electron chi connectivity index (χ4n) is 2.64. The molecule has 1 aliphatic heterocycles. The number of fused-ring (bicyclic) bond motifs is 1. The Balaban J connectivity index is 2.09. The Morgan fingerprint density at radius 2 is 2.18 bits per heavy atom. The van der Waals surface area contributed by atoms with Crippen LogP contribution in [0.5, 0.6) is 0 Å². The molecule has 1 aromatic carbocycles. The molecule has 1 N–H and O–H groups in total. The van der Waals surface area contributed by atoms with Crippen molar-refractivity contribution >= 4 is 10.8 Å². The average Bonchev–Trinajstić information content (AvgIpc) is 2.76. The molecule has 0 aliphatic carbocycles. The molecule has 1 unspecified atom stereocenters. The van der Waals surface area contributed by atoms with Crippen molar-refractivity contribution < 1.29 is 0 Å². The summed E-state index contributed by atoms with van der Waals surface area (Å²) in [6.45, 7) is 2.15. The van der Waals surface area contributed by atoms with E-state index in [4.69, 9.17) is 0 Å². The lowest BCUT2D eigenvalue weighted by Gasteiger charge is -2.11. The van der Waals surface area contributed by atoms with E-state index in [1.54, 1.807) is 0 Å². The molecular weight excluding hydrogens is 212 g/mol. The first-order valence-electron chi connectivity index (χ1n) is 6.04. The first kappa shape index (κ1) is 10.5. The number of likely N-dealkylation sites (tertiary alicyclic amines) is 1. The summed E-state index contributed by atoms with van der Waals surface area (Å²) in [5.41, 5.74) is 1.12. The highest BCUT2D eigenvalue weighted by molar-refractivity contribution is 5.81. The second-order valence-corrected chi connectivity index (χ2v) is 4.89. The van der Waals surface area contributed by atoms with E-state index in [2.05, 4.69) is 23.0 Å². The van der Waals surface area contributed by atoms with Crippen LogP contribution in [0.15, 0.2) is 35.1 Å². The van der Waals surface area contributed by atoms with E-state index in [1.165, 1.54) is 0 Å². The van der Waals surface area contributed by atoms with E-state index >= 15 is 0 Å². The summed E-state index contributed by atoms with van der Waals surface area (Å²) in [6, 6.07) is 9.89. The zero-order chi connectivity index (χ0) is 11.8. The van der Waals surface area contributed by atoms with E-state index in [0.29, 0.717) is 5.92 Å². The van der Waals surface area contributed by atoms with Gasteiger partial charge in [-0.25, -0.2) is 0 Å². The molecule has 0 amide bonds. The fourth-order valence-corrected chi connectivity index (χ4v) is 2.64. The Bertz CT molecular complexity index is 602. The van der Waals surface area contributed by atoms with Gasteiger partial charge in [0.25, 0.3) is 5.56 Å². The Hall–Kier alpha value is -1.61. The molecular formula is C14H16N2O. The van der Waals surface area contributed by atoms with Gasteiger partial charge in [-0.15, -0.1) is 0 Å². The van der Waals surface area contributed by atoms with Gasteiger partial charge >= 0.3 is 0 Å². The minimum Gasteiger partial charge on any atom is -0.325 e. The third-order valence-electron chi connectivity index (χ3n) is 3.61. The quantitative estimate of drug-likeness (QED) is 0.809. The van der Waals surface area contributed by atoms with E-state index in [0.717, 1.165) is 36.0 Å². The smallest absolute Gasteiger partial charge is 0.256 e. The van der Waals surface area contributed by atoms with Crippen molar-refractivity contribution in [1.29, 1.82) is 0 Å². The van der Waals surface area contributed by atoms with Gasteiger partial charge in [-0.3, -0.25) is 4.79 Å². The second-order valence-electron chi connectivity index (χ2n) is 4.89. The molecule has 0 saturated carbocycles. The lowest BCUT2D eigenvalue weighted by Crippen LogP contribution is -2.16. The molecule has 2 aromatic rings. The topological polar surface area (TPSA) is 36.1 Å². The van der Waals surface area contributed by atoms with Gasteiger partial charge in [-0.1, -0.05) is 18.2 Å². The van der Waals surface area contributed by atoms with Crippen molar-refractivity contribution in [2.75, 3.05) is 20.1 Å². The molecule has 2 heterocycles. The normalized spacial score (nSPS) is 21.1. The van der Waals surface area contributed by atoms with Gasteiger partial charge in [-0.05, 0) is 37.5 Å². The minimum absolute atomic E-state index is 0.0349. The van der Waals surface area contributed by atoms with Crippen molar-refractivity contribution in [3.8, 4) is 0 Å². The van der Waals surface area contributed by atoms with Gasteiger partial charge in [0, 0.05) is 23.5 Å². The molecule has 1 saturated heterocycles. The summed E-state index contributed by atoms with van der Waals surface area (Å²) in [5.74, 6) is 0.470. The van der Waals surface area contributed by atoms with Crippen LogP contribution in [0.3, 0.4) is 0 Å². The van der Waals surface area contributed by atoms with Gasteiger partial charge in [0.1, 0.15) is 0 Å². The molecule has 88 valence electrons. The molecule has 17 heavy (non-hydrogen) atoms. The zero-order valence-electron chi connectivity index (χ0n) is 9.94. The highest BCUT2D eigenvalue weighted by Gasteiger charge is 2.22. The summed E-state index contributed by atoms with van der Waals surface area (Å²) < 4.78 is 0. The van der Waals surface area contributed by atoms with Gasteiger partial charge in [0.15, 0.2) is 0 Å². The highest BCUT2D eigenvalue weighted by atomic mass is 16.1. The van der Waals surface area contributed by atoms with E-state index in [1.807, 2.05) is 24.3 Å². The van der Waals surface area contributed by atoms with Crippen molar-refractivity contribution in [3.63, 3.8) is 0 Å². The summed E-state index contributed by atoms with van der Waals surface area (Å²) in [6.07, 6.45) is 1.13. The first-order chi connectivity index (χ1) is 8.24. The molecule has 0 bridgehead atoms. The van der Waals surface area contributed by atoms with Crippen molar-refractivity contribution in [3.05, 3.63) is 46.4 Å². The van der Waals surface area contributed by atoms with Gasteiger partial charge in [0.2, 0.25) is 0 Å². The number of pyridine rings is 1. The number of aromatic nitrogens is 1. The number of nitrogens with one attached hydrogen (secondary N) is 1. The standard InChI is InChI=1S/C14H16N2O/c1-16-7-6-11(9-16)13-8-10-4-2-3-5-12(10)14(17)15-13/h2-5,8,11H,6-7,9H2,1H3,(H,15,17). The number of hydrogen-bond acceptors (Lipinski definition) is 2. The maximum absolute atomic E-state index is 12.0. The summed E-state index contributed by atoms with van der Waals surface area (Å²) in [4.78, 5) is 17.3. The van der Waals surface area contributed by atoms with Gasteiger partial charge in [0.05, 0.1) is 0 Å². The van der Waals surface area contributed by atoms with Gasteiger partial charge in [-0.2, -0.15) is 0 Å².